The number of para-hydroxylation sites is 1. The van der Waals surface area contributed by atoms with Gasteiger partial charge in [0.05, 0.1) is 22.0 Å². The highest BCUT2D eigenvalue weighted by Crippen LogP contribution is 2.31. The maximum Gasteiger partial charge on any atom is 0.337 e. The molecular weight excluding hydrogens is 264 g/mol. The van der Waals surface area contributed by atoms with E-state index in [0.717, 1.165) is 5.56 Å². The molecule has 0 saturated heterocycles. The first kappa shape index (κ1) is 13.2. The first-order chi connectivity index (χ1) is 8.99. The van der Waals surface area contributed by atoms with Crippen LogP contribution in [0.15, 0.2) is 36.4 Å². The predicted octanol–water partition coefficient (Wildman–Crippen LogP) is 3.67. The molecule has 0 aromatic heterocycles. The molecule has 0 fully saturated rings. The number of aromatic carboxylic acids is 1. The maximum atomic E-state index is 11.2. The van der Waals surface area contributed by atoms with Gasteiger partial charge in [-0.25, -0.2) is 4.79 Å². The molecule has 2 aromatic carbocycles. The van der Waals surface area contributed by atoms with E-state index in [1.165, 1.54) is 6.07 Å². The fourth-order valence-electron chi connectivity index (χ4n) is 1.78. The minimum Gasteiger partial charge on any atom is -0.478 e. The van der Waals surface area contributed by atoms with Crippen molar-refractivity contribution in [3.05, 3.63) is 52.5 Å². The molecule has 98 valence electrons. The number of halogens is 1. The Balaban J connectivity index is 2.49. The number of hydrogen-bond donors (Lipinski definition) is 3. The van der Waals surface area contributed by atoms with Crippen molar-refractivity contribution < 1.29 is 9.90 Å². The van der Waals surface area contributed by atoms with Gasteiger partial charge in [0.25, 0.3) is 0 Å². The minimum absolute atomic E-state index is 0.147. The van der Waals surface area contributed by atoms with Gasteiger partial charge in [0, 0.05) is 5.69 Å². The smallest absolute Gasteiger partial charge is 0.337 e. The molecule has 0 bridgehead atoms. The zero-order valence-corrected chi connectivity index (χ0v) is 11.0. The summed E-state index contributed by atoms with van der Waals surface area (Å²) in [4.78, 5) is 11.2. The molecule has 0 aliphatic rings. The standard InChI is InChI=1S/C14H13ClN2O2/c1-8-3-2-4-11(15)13(8)17-12-7-9(16)5-6-10(12)14(18)19/h2-7,17H,16H2,1H3,(H,18,19). The van der Waals surface area contributed by atoms with Gasteiger partial charge >= 0.3 is 5.97 Å². The number of anilines is 3. The summed E-state index contributed by atoms with van der Waals surface area (Å²) in [6.45, 7) is 1.89. The van der Waals surface area contributed by atoms with Crippen LogP contribution in [0.1, 0.15) is 15.9 Å². The quantitative estimate of drug-likeness (QED) is 0.748. The molecule has 0 atom stereocenters. The SMILES string of the molecule is Cc1cccc(Cl)c1Nc1cc(N)ccc1C(=O)O. The Kier molecular flexibility index (Phi) is 3.62. The van der Waals surface area contributed by atoms with E-state index in [1.54, 1.807) is 18.2 Å². The maximum absolute atomic E-state index is 11.2. The topological polar surface area (TPSA) is 75.3 Å². The Morgan fingerprint density at radius 1 is 1.32 bits per heavy atom. The third-order valence-electron chi connectivity index (χ3n) is 2.76. The second-order valence-corrected chi connectivity index (χ2v) is 4.57. The first-order valence-electron chi connectivity index (χ1n) is 5.64. The highest BCUT2D eigenvalue weighted by Gasteiger charge is 2.12. The van der Waals surface area contributed by atoms with Gasteiger partial charge in [-0.2, -0.15) is 0 Å². The summed E-state index contributed by atoms with van der Waals surface area (Å²) in [5, 5.41) is 12.7. The van der Waals surface area contributed by atoms with Crippen LogP contribution in [-0.4, -0.2) is 11.1 Å². The summed E-state index contributed by atoms with van der Waals surface area (Å²) in [6, 6.07) is 10.1. The van der Waals surface area contributed by atoms with Gasteiger partial charge in [-0.05, 0) is 36.8 Å². The third kappa shape index (κ3) is 2.80. The van der Waals surface area contributed by atoms with Crippen LogP contribution in [0.3, 0.4) is 0 Å². The second kappa shape index (κ2) is 5.20. The summed E-state index contributed by atoms with van der Waals surface area (Å²) in [7, 11) is 0. The van der Waals surface area contributed by atoms with Crippen molar-refractivity contribution >= 4 is 34.6 Å². The Hall–Kier alpha value is -2.20. The van der Waals surface area contributed by atoms with Crippen molar-refractivity contribution in [1.29, 1.82) is 0 Å². The number of carboxylic acids is 1. The van der Waals surface area contributed by atoms with Crippen LogP contribution in [-0.2, 0) is 0 Å². The average molecular weight is 277 g/mol. The second-order valence-electron chi connectivity index (χ2n) is 4.17. The molecule has 0 unspecified atom stereocenters. The minimum atomic E-state index is -1.02. The van der Waals surface area contributed by atoms with E-state index in [2.05, 4.69) is 5.32 Å². The van der Waals surface area contributed by atoms with Crippen LogP contribution < -0.4 is 11.1 Å². The Morgan fingerprint density at radius 2 is 2.05 bits per heavy atom. The summed E-state index contributed by atoms with van der Waals surface area (Å²) in [6.07, 6.45) is 0. The fourth-order valence-corrected chi connectivity index (χ4v) is 2.05. The number of benzene rings is 2. The molecular formula is C14H13ClN2O2. The fraction of sp³-hybridized carbons (Fsp3) is 0.0714. The average Bonchev–Trinajstić information content (AvgIpc) is 2.33. The van der Waals surface area contributed by atoms with Gasteiger partial charge in [0.2, 0.25) is 0 Å². The molecule has 0 radical (unpaired) electrons. The summed E-state index contributed by atoms with van der Waals surface area (Å²) >= 11 is 6.11. The zero-order chi connectivity index (χ0) is 14.0. The number of nitrogens with one attached hydrogen (secondary N) is 1. The highest BCUT2D eigenvalue weighted by molar-refractivity contribution is 6.33. The third-order valence-corrected chi connectivity index (χ3v) is 3.07. The molecule has 19 heavy (non-hydrogen) atoms. The molecule has 0 spiro atoms. The van der Waals surface area contributed by atoms with Gasteiger partial charge in [0.1, 0.15) is 0 Å². The number of carbonyl (C=O) groups is 1. The van der Waals surface area contributed by atoms with Crippen LogP contribution >= 0.6 is 11.6 Å². The number of aryl methyl sites for hydroxylation is 1. The number of nitrogen functional groups attached to an aromatic ring is 1. The van der Waals surface area contributed by atoms with Crippen LogP contribution in [0.5, 0.6) is 0 Å². The number of rotatable bonds is 3. The van der Waals surface area contributed by atoms with Gasteiger partial charge in [-0.3, -0.25) is 0 Å². The molecule has 2 aromatic rings. The first-order valence-corrected chi connectivity index (χ1v) is 6.02. The molecule has 2 rings (SSSR count). The van der Waals surface area contributed by atoms with Crippen molar-refractivity contribution in [2.45, 2.75) is 6.92 Å². The van der Waals surface area contributed by atoms with E-state index in [1.807, 2.05) is 19.1 Å². The molecule has 5 heteroatoms. The van der Waals surface area contributed by atoms with E-state index >= 15 is 0 Å². The van der Waals surface area contributed by atoms with Crippen molar-refractivity contribution in [3.63, 3.8) is 0 Å². The lowest BCUT2D eigenvalue weighted by Crippen LogP contribution is -2.04. The van der Waals surface area contributed by atoms with Crippen LogP contribution in [0.2, 0.25) is 5.02 Å². The summed E-state index contributed by atoms with van der Waals surface area (Å²) < 4.78 is 0. The van der Waals surface area contributed by atoms with Crippen molar-refractivity contribution in [3.8, 4) is 0 Å². The van der Waals surface area contributed by atoms with E-state index in [9.17, 15) is 4.79 Å². The van der Waals surface area contributed by atoms with Gasteiger partial charge in [-0.1, -0.05) is 23.7 Å². The Morgan fingerprint density at radius 3 is 2.68 bits per heavy atom. The molecule has 0 aliphatic carbocycles. The van der Waals surface area contributed by atoms with Crippen LogP contribution in [0.25, 0.3) is 0 Å². The van der Waals surface area contributed by atoms with E-state index in [4.69, 9.17) is 22.4 Å². The lowest BCUT2D eigenvalue weighted by Gasteiger charge is -2.14. The molecule has 4 N–H and O–H groups in total. The lowest BCUT2D eigenvalue weighted by molar-refractivity contribution is 0.0698. The largest absolute Gasteiger partial charge is 0.478 e. The highest BCUT2D eigenvalue weighted by atomic mass is 35.5. The van der Waals surface area contributed by atoms with Gasteiger partial charge < -0.3 is 16.2 Å². The molecule has 0 heterocycles. The van der Waals surface area contributed by atoms with Gasteiger partial charge in [0.15, 0.2) is 0 Å². The lowest BCUT2D eigenvalue weighted by atomic mass is 10.1. The zero-order valence-electron chi connectivity index (χ0n) is 10.3. The molecule has 0 saturated carbocycles. The monoisotopic (exact) mass is 276 g/mol. The Labute approximate surface area is 115 Å². The summed E-state index contributed by atoms with van der Waals surface area (Å²) in [5.74, 6) is -1.02. The number of hydrogen-bond acceptors (Lipinski definition) is 3. The van der Waals surface area contributed by atoms with Crippen molar-refractivity contribution in [1.82, 2.24) is 0 Å². The normalized spacial score (nSPS) is 10.2. The van der Waals surface area contributed by atoms with Crippen molar-refractivity contribution in [2.24, 2.45) is 0 Å². The molecule has 0 aliphatic heterocycles. The Bertz CT molecular complexity index is 621. The van der Waals surface area contributed by atoms with E-state index < -0.39 is 5.97 Å². The van der Waals surface area contributed by atoms with E-state index in [0.29, 0.717) is 22.1 Å². The molecule has 4 nitrogen and oxygen atoms in total. The summed E-state index contributed by atoms with van der Waals surface area (Å²) in [5.41, 5.74) is 8.34. The molecule has 0 amide bonds. The van der Waals surface area contributed by atoms with E-state index in [-0.39, 0.29) is 5.56 Å². The van der Waals surface area contributed by atoms with Crippen LogP contribution in [0, 0.1) is 6.92 Å². The van der Waals surface area contributed by atoms with Gasteiger partial charge in [-0.15, -0.1) is 0 Å². The predicted molar refractivity (Wildman–Crippen MR) is 77.3 cm³/mol. The van der Waals surface area contributed by atoms with Crippen molar-refractivity contribution in [2.75, 3.05) is 11.1 Å². The number of carboxylic acid groups (broad SMARTS) is 1. The number of nitrogens with two attached hydrogens (primary N) is 1. The van der Waals surface area contributed by atoms with Crippen LogP contribution in [0.4, 0.5) is 17.1 Å².